The summed E-state index contributed by atoms with van der Waals surface area (Å²) in [7, 11) is 0. The molecule has 1 aromatic carbocycles. The van der Waals surface area contributed by atoms with Crippen LogP contribution in [-0.2, 0) is 4.74 Å². The molecule has 6 heteroatoms. The third-order valence-corrected chi connectivity index (χ3v) is 5.38. The molecule has 26 heavy (non-hydrogen) atoms. The van der Waals surface area contributed by atoms with Crippen LogP contribution in [0.1, 0.15) is 34.6 Å². The Balaban J connectivity index is 1.68. The van der Waals surface area contributed by atoms with Crippen molar-refractivity contribution in [3.05, 3.63) is 52.2 Å². The highest BCUT2D eigenvalue weighted by atomic mass is 32.1. The van der Waals surface area contributed by atoms with Gasteiger partial charge in [-0.1, -0.05) is 25.1 Å². The van der Waals surface area contributed by atoms with E-state index < -0.39 is 0 Å². The number of amides is 1. The molecule has 1 saturated heterocycles. The van der Waals surface area contributed by atoms with Gasteiger partial charge in [-0.25, -0.2) is 0 Å². The van der Waals surface area contributed by atoms with Gasteiger partial charge in [-0.3, -0.25) is 9.69 Å². The first-order valence-electron chi connectivity index (χ1n) is 9.15. The first-order chi connectivity index (χ1) is 12.8. The van der Waals surface area contributed by atoms with E-state index in [4.69, 9.17) is 9.47 Å². The molecule has 1 N–H and O–H groups in total. The Morgan fingerprint density at radius 3 is 2.81 bits per heavy atom. The number of carbonyl (C=O) groups is 1. The smallest absolute Gasteiger partial charge is 0.255 e. The van der Waals surface area contributed by atoms with Gasteiger partial charge in [0.25, 0.3) is 5.91 Å². The number of benzene rings is 1. The van der Waals surface area contributed by atoms with Gasteiger partial charge in [-0.15, -0.1) is 11.3 Å². The van der Waals surface area contributed by atoms with Gasteiger partial charge in [0.15, 0.2) is 0 Å². The molecule has 0 saturated carbocycles. The second kappa shape index (κ2) is 9.71. The van der Waals surface area contributed by atoms with Crippen molar-refractivity contribution in [1.29, 1.82) is 0 Å². The van der Waals surface area contributed by atoms with E-state index in [1.807, 2.05) is 24.3 Å². The topological polar surface area (TPSA) is 50.8 Å². The van der Waals surface area contributed by atoms with Gasteiger partial charge in [-0.2, -0.15) is 0 Å². The van der Waals surface area contributed by atoms with Gasteiger partial charge in [-0.05, 0) is 30.0 Å². The monoisotopic (exact) mass is 374 g/mol. The van der Waals surface area contributed by atoms with Gasteiger partial charge in [0.2, 0.25) is 0 Å². The van der Waals surface area contributed by atoms with E-state index in [0.29, 0.717) is 24.5 Å². The van der Waals surface area contributed by atoms with Crippen molar-refractivity contribution in [2.75, 3.05) is 39.5 Å². The fraction of sp³-hybridized carbons (Fsp3) is 0.450. The molecule has 140 valence electrons. The zero-order valence-corrected chi connectivity index (χ0v) is 16.0. The zero-order valence-electron chi connectivity index (χ0n) is 15.1. The molecular formula is C20H26N2O3S. The molecule has 2 heterocycles. The van der Waals surface area contributed by atoms with Crippen molar-refractivity contribution >= 4 is 17.2 Å². The summed E-state index contributed by atoms with van der Waals surface area (Å²) < 4.78 is 11.2. The molecule has 5 nitrogen and oxygen atoms in total. The Hall–Kier alpha value is -1.89. The molecule has 1 aromatic heterocycles. The number of para-hydroxylation sites is 1. The van der Waals surface area contributed by atoms with Gasteiger partial charge >= 0.3 is 0 Å². The summed E-state index contributed by atoms with van der Waals surface area (Å²) in [6, 6.07) is 11.8. The molecule has 0 unspecified atom stereocenters. The predicted molar refractivity (Wildman–Crippen MR) is 104 cm³/mol. The van der Waals surface area contributed by atoms with Gasteiger partial charge < -0.3 is 14.8 Å². The number of carbonyl (C=O) groups excluding carboxylic acids is 1. The molecular weight excluding hydrogens is 348 g/mol. The fourth-order valence-electron chi connectivity index (χ4n) is 3.06. The van der Waals surface area contributed by atoms with Crippen LogP contribution < -0.4 is 10.1 Å². The Labute approximate surface area is 158 Å². The van der Waals surface area contributed by atoms with E-state index in [1.54, 1.807) is 11.3 Å². The first-order valence-corrected chi connectivity index (χ1v) is 10.0. The third kappa shape index (κ3) is 4.84. The summed E-state index contributed by atoms with van der Waals surface area (Å²) >= 11 is 1.73. The maximum atomic E-state index is 12.8. The number of nitrogens with one attached hydrogen (secondary N) is 1. The van der Waals surface area contributed by atoms with Crippen LogP contribution in [0.2, 0.25) is 0 Å². The average Bonchev–Trinajstić information content (AvgIpc) is 3.22. The van der Waals surface area contributed by atoms with E-state index in [1.165, 1.54) is 4.88 Å². The number of hydrogen-bond acceptors (Lipinski definition) is 5. The van der Waals surface area contributed by atoms with Crippen LogP contribution in [0.3, 0.4) is 0 Å². The standard InChI is InChI=1S/C20H26N2O3S/c1-2-11-25-18-7-4-3-6-16(18)20(23)21-15-17(19-8-5-14-26-19)22-9-12-24-13-10-22/h3-8,14,17H,2,9-13,15H2,1H3,(H,21,23)/t17-/m0/s1. The van der Waals surface area contributed by atoms with Crippen LogP contribution in [0.4, 0.5) is 0 Å². The van der Waals surface area contributed by atoms with Gasteiger partial charge in [0, 0.05) is 24.5 Å². The summed E-state index contributed by atoms with van der Waals surface area (Å²) in [5, 5.41) is 5.19. The molecule has 1 atom stereocenters. The summed E-state index contributed by atoms with van der Waals surface area (Å²) in [5.41, 5.74) is 0.591. The highest BCUT2D eigenvalue weighted by Gasteiger charge is 2.24. The van der Waals surface area contributed by atoms with Crippen LogP contribution in [-0.4, -0.2) is 50.3 Å². The molecule has 1 fully saturated rings. The van der Waals surface area contributed by atoms with Crippen LogP contribution in [0.15, 0.2) is 41.8 Å². The van der Waals surface area contributed by atoms with Crippen LogP contribution in [0.25, 0.3) is 0 Å². The van der Waals surface area contributed by atoms with Crippen LogP contribution in [0, 0.1) is 0 Å². The summed E-state index contributed by atoms with van der Waals surface area (Å²) in [6.07, 6.45) is 0.910. The molecule has 0 bridgehead atoms. The van der Waals surface area contributed by atoms with Gasteiger partial charge in [0.1, 0.15) is 5.75 Å². The lowest BCUT2D eigenvalue weighted by atomic mass is 10.1. The minimum Gasteiger partial charge on any atom is -0.493 e. The fourth-order valence-corrected chi connectivity index (χ4v) is 3.92. The van der Waals surface area contributed by atoms with Crippen molar-refractivity contribution in [2.45, 2.75) is 19.4 Å². The highest BCUT2D eigenvalue weighted by Crippen LogP contribution is 2.26. The number of ether oxygens (including phenoxy) is 2. The van der Waals surface area contributed by atoms with Crippen molar-refractivity contribution < 1.29 is 14.3 Å². The number of thiophene rings is 1. The van der Waals surface area contributed by atoms with E-state index >= 15 is 0 Å². The van der Waals surface area contributed by atoms with Crippen LogP contribution in [0.5, 0.6) is 5.75 Å². The van der Waals surface area contributed by atoms with E-state index in [9.17, 15) is 4.79 Å². The highest BCUT2D eigenvalue weighted by molar-refractivity contribution is 7.10. The number of rotatable bonds is 8. The molecule has 1 aliphatic heterocycles. The minimum absolute atomic E-state index is 0.0912. The predicted octanol–water partition coefficient (Wildman–Crippen LogP) is 3.34. The van der Waals surface area contributed by atoms with Crippen LogP contribution >= 0.6 is 11.3 Å². The van der Waals surface area contributed by atoms with Crippen molar-refractivity contribution in [3.63, 3.8) is 0 Å². The van der Waals surface area contributed by atoms with E-state index in [0.717, 1.165) is 32.7 Å². The number of morpholine rings is 1. The quantitative estimate of drug-likeness (QED) is 0.770. The lowest BCUT2D eigenvalue weighted by Crippen LogP contribution is -2.43. The summed E-state index contributed by atoms with van der Waals surface area (Å²) in [4.78, 5) is 16.4. The molecule has 2 aromatic rings. The Kier molecular flexibility index (Phi) is 7.05. The maximum absolute atomic E-state index is 12.8. The average molecular weight is 375 g/mol. The Bertz CT molecular complexity index is 684. The zero-order chi connectivity index (χ0) is 18.2. The van der Waals surface area contributed by atoms with E-state index in [2.05, 4.69) is 34.7 Å². The molecule has 1 amide bonds. The van der Waals surface area contributed by atoms with Crippen molar-refractivity contribution in [3.8, 4) is 5.75 Å². The largest absolute Gasteiger partial charge is 0.493 e. The lowest BCUT2D eigenvalue weighted by Gasteiger charge is -2.34. The first kappa shape index (κ1) is 18.9. The van der Waals surface area contributed by atoms with E-state index in [-0.39, 0.29) is 11.9 Å². The normalized spacial score (nSPS) is 16.2. The summed E-state index contributed by atoms with van der Waals surface area (Å²) in [6.45, 7) is 6.48. The number of hydrogen-bond donors (Lipinski definition) is 1. The second-order valence-electron chi connectivity index (χ2n) is 6.23. The molecule has 3 rings (SSSR count). The van der Waals surface area contributed by atoms with Gasteiger partial charge in [0.05, 0.1) is 31.4 Å². The van der Waals surface area contributed by atoms with Crippen molar-refractivity contribution in [2.24, 2.45) is 0 Å². The third-order valence-electron chi connectivity index (χ3n) is 4.41. The molecule has 0 radical (unpaired) electrons. The van der Waals surface area contributed by atoms with Crippen molar-refractivity contribution in [1.82, 2.24) is 10.2 Å². The minimum atomic E-state index is -0.0912. The summed E-state index contributed by atoms with van der Waals surface area (Å²) in [5.74, 6) is 0.553. The SMILES string of the molecule is CCCOc1ccccc1C(=O)NC[C@@H](c1cccs1)N1CCOCC1. The maximum Gasteiger partial charge on any atom is 0.255 e. The molecule has 1 aliphatic rings. The molecule has 0 spiro atoms. The molecule has 0 aliphatic carbocycles. The lowest BCUT2D eigenvalue weighted by molar-refractivity contribution is 0.0169. The number of nitrogens with zero attached hydrogens (tertiary/aromatic N) is 1. The Morgan fingerprint density at radius 2 is 2.08 bits per heavy atom. The second-order valence-corrected chi connectivity index (χ2v) is 7.21. The Morgan fingerprint density at radius 1 is 1.27 bits per heavy atom.